The molecule has 0 spiro atoms. The summed E-state index contributed by atoms with van der Waals surface area (Å²) in [4.78, 5) is 8.64. The van der Waals surface area contributed by atoms with Gasteiger partial charge in [0, 0.05) is 35.4 Å². The minimum absolute atomic E-state index is 0.120. The summed E-state index contributed by atoms with van der Waals surface area (Å²) in [6, 6.07) is 12.1. The highest BCUT2D eigenvalue weighted by Gasteiger charge is 2.46. The molecule has 3 rings (SSSR count). The van der Waals surface area contributed by atoms with Gasteiger partial charge in [0.2, 0.25) is 0 Å². The zero-order chi connectivity index (χ0) is 16.5. The number of aromatic nitrogens is 3. The second kappa shape index (κ2) is 5.82. The number of pyridine rings is 1. The quantitative estimate of drug-likeness (QED) is 0.694. The molecular formula is C19H20ClN3. The van der Waals surface area contributed by atoms with E-state index in [1.54, 1.807) is 6.20 Å². The molecule has 2 heterocycles. The van der Waals surface area contributed by atoms with Gasteiger partial charge in [0.05, 0.1) is 6.33 Å². The van der Waals surface area contributed by atoms with Crippen LogP contribution in [0.5, 0.6) is 0 Å². The van der Waals surface area contributed by atoms with Gasteiger partial charge in [-0.25, -0.2) is 4.98 Å². The Morgan fingerprint density at radius 3 is 2.17 bits per heavy atom. The zero-order valence-corrected chi connectivity index (χ0v) is 14.3. The monoisotopic (exact) mass is 325 g/mol. The fourth-order valence-corrected chi connectivity index (χ4v) is 3.57. The Bertz CT molecular complexity index is 759. The standard InChI is InChI=1S/C19H20ClN3/c1-18(2,3)19(23-12-11-22-14-23,16-5-4-10-21-13-16)15-6-8-17(20)9-7-15/h4-14H,1-3H3. The van der Waals surface area contributed by atoms with E-state index in [0.29, 0.717) is 0 Å². The molecule has 1 unspecified atom stereocenters. The highest BCUT2D eigenvalue weighted by Crippen LogP contribution is 2.47. The van der Waals surface area contributed by atoms with E-state index in [0.717, 1.165) is 16.1 Å². The van der Waals surface area contributed by atoms with Gasteiger partial charge in [-0.2, -0.15) is 0 Å². The van der Waals surface area contributed by atoms with Crippen molar-refractivity contribution in [2.45, 2.75) is 26.3 Å². The lowest BCUT2D eigenvalue weighted by molar-refractivity contribution is 0.188. The molecule has 1 atom stereocenters. The normalized spacial score (nSPS) is 14.4. The molecule has 0 saturated heterocycles. The van der Waals surface area contributed by atoms with Crippen molar-refractivity contribution in [3.8, 4) is 0 Å². The van der Waals surface area contributed by atoms with Crippen LogP contribution in [-0.2, 0) is 5.54 Å². The molecule has 0 N–H and O–H groups in total. The molecule has 2 aromatic heterocycles. The molecule has 4 heteroatoms. The summed E-state index contributed by atoms with van der Waals surface area (Å²) in [6.45, 7) is 6.69. The Labute approximate surface area is 142 Å². The molecule has 1 aromatic carbocycles. The fourth-order valence-electron chi connectivity index (χ4n) is 3.44. The van der Waals surface area contributed by atoms with Crippen molar-refractivity contribution in [2.75, 3.05) is 0 Å². The van der Waals surface area contributed by atoms with Gasteiger partial charge in [-0.1, -0.05) is 50.6 Å². The number of rotatable bonds is 3. The van der Waals surface area contributed by atoms with Crippen molar-refractivity contribution in [1.29, 1.82) is 0 Å². The highest BCUT2D eigenvalue weighted by atomic mass is 35.5. The predicted molar refractivity (Wildman–Crippen MR) is 93.5 cm³/mol. The van der Waals surface area contributed by atoms with E-state index in [1.165, 1.54) is 0 Å². The first-order valence-electron chi connectivity index (χ1n) is 7.61. The maximum Gasteiger partial charge on any atom is 0.102 e. The average molecular weight is 326 g/mol. The van der Waals surface area contributed by atoms with Gasteiger partial charge in [0.25, 0.3) is 0 Å². The van der Waals surface area contributed by atoms with Crippen LogP contribution in [0, 0.1) is 5.41 Å². The van der Waals surface area contributed by atoms with Crippen molar-refractivity contribution in [1.82, 2.24) is 14.5 Å². The first-order chi connectivity index (χ1) is 11.0. The maximum absolute atomic E-state index is 6.12. The lowest BCUT2D eigenvalue weighted by atomic mass is 9.65. The van der Waals surface area contributed by atoms with Crippen molar-refractivity contribution < 1.29 is 0 Å². The third kappa shape index (κ3) is 2.55. The average Bonchev–Trinajstić information content (AvgIpc) is 3.04. The third-order valence-corrected chi connectivity index (χ3v) is 4.57. The van der Waals surface area contributed by atoms with E-state index >= 15 is 0 Å². The molecule has 0 saturated carbocycles. The Kier molecular flexibility index (Phi) is 3.99. The van der Waals surface area contributed by atoms with E-state index in [1.807, 2.05) is 43.1 Å². The molecule has 3 nitrogen and oxygen atoms in total. The molecule has 23 heavy (non-hydrogen) atoms. The molecule has 0 aliphatic heterocycles. The third-order valence-electron chi connectivity index (χ3n) is 4.32. The molecule has 0 radical (unpaired) electrons. The Morgan fingerprint density at radius 2 is 1.65 bits per heavy atom. The molecule has 0 fully saturated rings. The van der Waals surface area contributed by atoms with Crippen LogP contribution in [0.3, 0.4) is 0 Å². The molecule has 0 bridgehead atoms. The first-order valence-corrected chi connectivity index (χ1v) is 7.99. The summed E-state index contributed by atoms with van der Waals surface area (Å²) >= 11 is 6.12. The minimum atomic E-state index is -0.428. The van der Waals surface area contributed by atoms with Crippen LogP contribution in [-0.4, -0.2) is 14.5 Å². The fraction of sp³-hybridized carbons (Fsp3) is 0.263. The number of halogens is 1. The Balaban J connectivity index is 2.38. The van der Waals surface area contributed by atoms with Gasteiger partial charge in [-0.15, -0.1) is 0 Å². The molecule has 0 amide bonds. The predicted octanol–water partition coefficient (Wildman–Crippen LogP) is 4.77. The van der Waals surface area contributed by atoms with E-state index in [9.17, 15) is 0 Å². The van der Waals surface area contributed by atoms with E-state index in [-0.39, 0.29) is 5.41 Å². The van der Waals surface area contributed by atoms with Crippen LogP contribution in [0.15, 0.2) is 67.5 Å². The lowest BCUT2D eigenvalue weighted by Crippen LogP contribution is -2.47. The lowest BCUT2D eigenvalue weighted by Gasteiger charge is -2.46. The zero-order valence-electron chi connectivity index (χ0n) is 13.6. The van der Waals surface area contributed by atoms with Crippen LogP contribution in [0.2, 0.25) is 5.02 Å². The smallest absolute Gasteiger partial charge is 0.102 e. The molecule has 0 aliphatic rings. The van der Waals surface area contributed by atoms with Crippen LogP contribution < -0.4 is 0 Å². The van der Waals surface area contributed by atoms with Crippen LogP contribution >= 0.6 is 11.6 Å². The van der Waals surface area contributed by atoms with Gasteiger partial charge in [-0.3, -0.25) is 4.98 Å². The second-order valence-corrected chi connectivity index (χ2v) is 7.12. The van der Waals surface area contributed by atoms with Gasteiger partial charge < -0.3 is 4.57 Å². The van der Waals surface area contributed by atoms with Crippen LogP contribution in [0.25, 0.3) is 0 Å². The van der Waals surface area contributed by atoms with Crippen molar-refractivity contribution in [2.24, 2.45) is 5.41 Å². The number of benzene rings is 1. The first kappa shape index (κ1) is 15.8. The maximum atomic E-state index is 6.12. The number of nitrogens with zero attached hydrogens (tertiary/aromatic N) is 3. The number of hydrogen-bond acceptors (Lipinski definition) is 2. The highest BCUT2D eigenvalue weighted by molar-refractivity contribution is 6.30. The van der Waals surface area contributed by atoms with Gasteiger partial charge >= 0.3 is 0 Å². The summed E-state index contributed by atoms with van der Waals surface area (Å²) in [7, 11) is 0. The summed E-state index contributed by atoms with van der Waals surface area (Å²) in [5.41, 5.74) is 1.72. The molecular weight excluding hydrogens is 306 g/mol. The topological polar surface area (TPSA) is 30.7 Å². The van der Waals surface area contributed by atoms with E-state index in [4.69, 9.17) is 11.6 Å². The SMILES string of the molecule is CC(C)(C)C(c1ccc(Cl)cc1)(c1cccnc1)n1ccnc1. The van der Waals surface area contributed by atoms with Crippen molar-refractivity contribution in [3.63, 3.8) is 0 Å². The Hall–Kier alpha value is -2.13. The van der Waals surface area contributed by atoms with Gasteiger partial charge in [0.1, 0.15) is 5.54 Å². The molecule has 3 aromatic rings. The van der Waals surface area contributed by atoms with Crippen molar-refractivity contribution in [3.05, 3.63) is 83.7 Å². The number of hydrogen-bond donors (Lipinski definition) is 0. The van der Waals surface area contributed by atoms with E-state index < -0.39 is 5.54 Å². The summed E-state index contributed by atoms with van der Waals surface area (Å²) in [6.07, 6.45) is 9.42. The summed E-state index contributed by atoms with van der Waals surface area (Å²) in [5.74, 6) is 0. The van der Waals surface area contributed by atoms with Crippen LogP contribution in [0.4, 0.5) is 0 Å². The largest absolute Gasteiger partial charge is 0.323 e. The molecule has 118 valence electrons. The van der Waals surface area contributed by atoms with E-state index in [2.05, 4.69) is 53.5 Å². The van der Waals surface area contributed by atoms with Crippen LogP contribution in [0.1, 0.15) is 31.9 Å². The Morgan fingerprint density at radius 1 is 0.913 bits per heavy atom. The summed E-state index contributed by atoms with van der Waals surface area (Å²) < 4.78 is 2.16. The summed E-state index contributed by atoms with van der Waals surface area (Å²) in [5, 5.41) is 0.730. The van der Waals surface area contributed by atoms with Gasteiger partial charge in [0.15, 0.2) is 0 Å². The second-order valence-electron chi connectivity index (χ2n) is 6.68. The molecule has 0 aliphatic carbocycles. The number of imidazole rings is 1. The van der Waals surface area contributed by atoms with Gasteiger partial charge in [-0.05, 0) is 29.2 Å². The van der Waals surface area contributed by atoms with Crippen molar-refractivity contribution >= 4 is 11.6 Å². The minimum Gasteiger partial charge on any atom is -0.323 e.